The van der Waals surface area contributed by atoms with E-state index < -0.39 is 0 Å². The first kappa shape index (κ1) is 12.8. The third-order valence-electron chi connectivity index (χ3n) is 3.17. The number of hydrogen-bond donors (Lipinski definition) is 0. The molecule has 2 rings (SSSR count). The Morgan fingerprint density at radius 3 is 2.83 bits per heavy atom. The first-order chi connectivity index (χ1) is 8.60. The van der Waals surface area contributed by atoms with E-state index in [0.29, 0.717) is 23.7 Å². The van der Waals surface area contributed by atoms with Crippen molar-refractivity contribution < 1.29 is 4.79 Å². The Kier molecular flexibility index (Phi) is 3.83. The second-order valence-corrected chi connectivity index (χ2v) is 5.28. The molecule has 94 valence electrons. The third-order valence-corrected chi connectivity index (χ3v) is 3.52. The van der Waals surface area contributed by atoms with Crippen LogP contribution >= 0.6 is 11.6 Å². The fraction of sp³-hybridized carbons (Fsp3) is 0.462. The summed E-state index contributed by atoms with van der Waals surface area (Å²) in [6, 6.07) is 5.16. The molecule has 0 N–H and O–H groups in total. The van der Waals surface area contributed by atoms with E-state index in [4.69, 9.17) is 16.9 Å². The van der Waals surface area contributed by atoms with E-state index in [9.17, 15) is 4.79 Å². The van der Waals surface area contributed by atoms with Crippen LogP contribution < -0.4 is 0 Å². The number of aromatic nitrogens is 1. The second kappa shape index (κ2) is 5.36. The monoisotopic (exact) mass is 263 g/mol. The van der Waals surface area contributed by atoms with Gasteiger partial charge >= 0.3 is 0 Å². The molecule has 0 aliphatic heterocycles. The van der Waals surface area contributed by atoms with Crippen molar-refractivity contribution in [2.45, 2.75) is 18.2 Å². The summed E-state index contributed by atoms with van der Waals surface area (Å²) in [4.78, 5) is 17.7. The Morgan fingerprint density at radius 2 is 2.33 bits per heavy atom. The molecule has 0 bridgehead atoms. The van der Waals surface area contributed by atoms with Crippen LogP contribution in [0.15, 0.2) is 18.3 Å². The van der Waals surface area contributed by atoms with Crippen LogP contribution in [-0.2, 0) is 0 Å². The number of hydrogen-bond acceptors (Lipinski definition) is 3. The molecule has 0 saturated heterocycles. The maximum atomic E-state index is 12.0. The average molecular weight is 264 g/mol. The highest BCUT2D eigenvalue weighted by Crippen LogP contribution is 2.32. The number of carbonyl (C=O) groups is 1. The molecule has 1 saturated carbocycles. The van der Waals surface area contributed by atoms with Gasteiger partial charge in [0.1, 0.15) is 11.8 Å². The number of nitrogens with zero attached hydrogens (tertiary/aromatic N) is 3. The molecule has 1 aromatic heterocycles. The van der Waals surface area contributed by atoms with Gasteiger partial charge < -0.3 is 4.90 Å². The van der Waals surface area contributed by atoms with Crippen molar-refractivity contribution in [1.29, 1.82) is 5.26 Å². The molecule has 1 aromatic rings. The summed E-state index contributed by atoms with van der Waals surface area (Å²) in [6.07, 6.45) is 3.36. The summed E-state index contributed by atoms with van der Waals surface area (Å²) in [5.74, 6) is 0.386. The number of halogens is 1. The molecule has 4 nitrogen and oxygen atoms in total. The zero-order valence-corrected chi connectivity index (χ0v) is 10.9. The molecule has 1 fully saturated rings. The number of carbonyl (C=O) groups excluding carboxylic acids is 1. The highest BCUT2D eigenvalue weighted by atomic mass is 35.5. The Bertz CT molecular complexity index is 474. The number of pyridine rings is 1. The van der Waals surface area contributed by atoms with E-state index in [-0.39, 0.29) is 11.3 Å². The number of rotatable bonds is 3. The van der Waals surface area contributed by atoms with Crippen LogP contribution in [0.5, 0.6) is 0 Å². The molecule has 1 heterocycles. The summed E-state index contributed by atoms with van der Waals surface area (Å²) in [5, 5.41) is 8.93. The molecule has 1 aliphatic carbocycles. The number of amides is 1. The van der Waals surface area contributed by atoms with Gasteiger partial charge in [-0.3, -0.25) is 4.79 Å². The van der Waals surface area contributed by atoms with Gasteiger partial charge in [-0.2, -0.15) is 5.26 Å². The minimum atomic E-state index is -0.113. The smallest absolute Gasteiger partial charge is 0.272 e. The predicted octanol–water partition coefficient (Wildman–Crippen LogP) is 2.04. The van der Waals surface area contributed by atoms with E-state index in [1.165, 1.54) is 6.20 Å². The first-order valence-electron chi connectivity index (χ1n) is 5.86. The van der Waals surface area contributed by atoms with Gasteiger partial charge in [-0.15, -0.1) is 11.6 Å². The van der Waals surface area contributed by atoms with Crippen LogP contribution in [0.25, 0.3) is 0 Å². The van der Waals surface area contributed by atoms with E-state index in [1.807, 2.05) is 6.07 Å². The maximum Gasteiger partial charge on any atom is 0.272 e. The molecule has 0 radical (unpaired) electrons. The minimum Gasteiger partial charge on any atom is -0.340 e. The van der Waals surface area contributed by atoms with Crippen molar-refractivity contribution >= 4 is 17.5 Å². The molecule has 0 unspecified atom stereocenters. The van der Waals surface area contributed by atoms with Gasteiger partial charge in [0.25, 0.3) is 5.91 Å². The molecule has 5 heteroatoms. The summed E-state index contributed by atoms with van der Waals surface area (Å²) in [5.41, 5.74) is 0.830. The van der Waals surface area contributed by atoms with Crippen molar-refractivity contribution in [3.8, 4) is 6.07 Å². The van der Waals surface area contributed by atoms with Gasteiger partial charge in [0.05, 0.1) is 5.56 Å². The lowest BCUT2D eigenvalue weighted by Crippen LogP contribution is -2.38. The summed E-state index contributed by atoms with van der Waals surface area (Å²) < 4.78 is 0. The lowest BCUT2D eigenvalue weighted by atomic mass is 9.84. The van der Waals surface area contributed by atoms with Crippen LogP contribution in [0, 0.1) is 17.2 Å². The van der Waals surface area contributed by atoms with Crippen molar-refractivity contribution in [3.05, 3.63) is 29.6 Å². The first-order valence-corrected chi connectivity index (χ1v) is 6.29. The third kappa shape index (κ3) is 2.80. The Labute approximate surface area is 111 Å². The highest BCUT2D eigenvalue weighted by Gasteiger charge is 2.29. The van der Waals surface area contributed by atoms with Crippen molar-refractivity contribution in [1.82, 2.24) is 9.88 Å². The van der Waals surface area contributed by atoms with Crippen molar-refractivity contribution in [2.75, 3.05) is 13.6 Å². The van der Waals surface area contributed by atoms with Gasteiger partial charge in [-0.25, -0.2) is 4.98 Å². The van der Waals surface area contributed by atoms with Gasteiger partial charge in [0.15, 0.2) is 0 Å². The Hall–Kier alpha value is -1.60. The van der Waals surface area contributed by atoms with Crippen LogP contribution in [0.2, 0.25) is 0 Å². The zero-order valence-electron chi connectivity index (χ0n) is 10.1. The van der Waals surface area contributed by atoms with Gasteiger partial charge in [0, 0.05) is 25.2 Å². The van der Waals surface area contributed by atoms with Crippen molar-refractivity contribution in [3.63, 3.8) is 0 Å². The summed E-state index contributed by atoms with van der Waals surface area (Å²) in [7, 11) is 1.77. The van der Waals surface area contributed by atoms with Crippen molar-refractivity contribution in [2.24, 2.45) is 5.92 Å². The van der Waals surface area contributed by atoms with Gasteiger partial charge in [-0.1, -0.05) is 0 Å². The molecule has 0 atom stereocenters. The number of nitriles is 1. The van der Waals surface area contributed by atoms with Crippen LogP contribution in [0.4, 0.5) is 0 Å². The Morgan fingerprint density at radius 1 is 1.61 bits per heavy atom. The molecule has 1 aliphatic rings. The van der Waals surface area contributed by atoms with Crippen LogP contribution in [0.3, 0.4) is 0 Å². The number of alkyl halides is 1. The largest absolute Gasteiger partial charge is 0.340 e. The average Bonchev–Trinajstić information content (AvgIpc) is 2.36. The lowest BCUT2D eigenvalue weighted by Gasteiger charge is -2.33. The minimum absolute atomic E-state index is 0.113. The molecule has 1 amide bonds. The highest BCUT2D eigenvalue weighted by molar-refractivity contribution is 6.21. The van der Waals surface area contributed by atoms with Gasteiger partial charge in [-0.05, 0) is 30.9 Å². The maximum absolute atomic E-state index is 12.0. The molecular formula is C13H14ClN3O. The standard InChI is InChI=1S/C13H14ClN3O/c1-17(8-10-4-11(14)5-10)13(18)12-3-2-9(6-15)7-16-12/h2-3,7,10-11H,4-5,8H2,1H3. The predicted molar refractivity (Wildman–Crippen MR) is 68.3 cm³/mol. The molecular weight excluding hydrogens is 250 g/mol. The lowest BCUT2D eigenvalue weighted by molar-refractivity contribution is 0.0741. The normalized spacial score (nSPS) is 21.8. The topological polar surface area (TPSA) is 57.0 Å². The molecule has 0 spiro atoms. The quantitative estimate of drug-likeness (QED) is 0.784. The van der Waals surface area contributed by atoms with E-state index in [0.717, 1.165) is 12.8 Å². The van der Waals surface area contributed by atoms with E-state index in [2.05, 4.69) is 4.98 Å². The fourth-order valence-corrected chi connectivity index (χ4v) is 2.56. The van der Waals surface area contributed by atoms with Gasteiger partial charge in [0.2, 0.25) is 0 Å². The van der Waals surface area contributed by atoms with E-state index >= 15 is 0 Å². The molecule has 18 heavy (non-hydrogen) atoms. The van der Waals surface area contributed by atoms with E-state index in [1.54, 1.807) is 24.1 Å². The molecule has 0 aromatic carbocycles. The fourth-order valence-electron chi connectivity index (χ4n) is 2.06. The zero-order chi connectivity index (χ0) is 13.1. The Balaban J connectivity index is 1.95. The summed E-state index contributed by atoms with van der Waals surface area (Å²) >= 11 is 5.91. The van der Waals surface area contributed by atoms with Crippen LogP contribution in [-0.4, -0.2) is 34.8 Å². The van der Waals surface area contributed by atoms with Crippen LogP contribution in [0.1, 0.15) is 28.9 Å². The SMILES string of the molecule is CN(CC1CC(Cl)C1)C(=O)c1ccc(C#N)cn1. The second-order valence-electron chi connectivity index (χ2n) is 4.66. The summed E-state index contributed by atoms with van der Waals surface area (Å²) in [6.45, 7) is 0.712.